The van der Waals surface area contributed by atoms with Crippen molar-refractivity contribution in [1.82, 2.24) is 4.98 Å². The predicted octanol–water partition coefficient (Wildman–Crippen LogP) is 2.70. The topological polar surface area (TPSA) is 144 Å². The van der Waals surface area contributed by atoms with Crippen molar-refractivity contribution >= 4 is 44.0 Å². The second-order valence-corrected chi connectivity index (χ2v) is 7.39. The van der Waals surface area contributed by atoms with Crippen molar-refractivity contribution < 1.29 is 22.6 Å². The predicted molar refractivity (Wildman–Crippen MR) is 92.7 cm³/mol. The molecule has 0 aliphatic heterocycles. The molecule has 1 aromatic carbocycles. The molecule has 12 heteroatoms. The van der Waals surface area contributed by atoms with E-state index in [4.69, 9.17) is 4.42 Å². The molecule has 0 aliphatic carbocycles. The van der Waals surface area contributed by atoms with Crippen LogP contribution in [0.3, 0.4) is 0 Å². The van der Waals surface area contributed by atoms with E-state index in [2.05, 4.69) is 15.0 Å². The second kappa shape index (κ2) is 6.93. The molecule has 3 aromatic rings. The number of thiazole rings is 1. The third kappa shape index (κ3) is 3.87. The van der Waals surface area contributed by atoms with E-state index in [1.165, 1.54) is 36.5 Å². The molecule has 134 valence electrons. The highest BCUT2D eigenvalue weighted by atomic mass is 32.2. The highest BCUT2D eigenvalue weighted by molar-refractivity contribution is 7.93. The SMILES string of the molecule is O=C(Nc1ccc(S(=O)(=O)Nc2nccs2)cc1)c1ccc([N+](=O)[O-])o1. The Hall–Kier alpha value is -3.25. The average Bonchev–Trinajstić information content (AvgIpc) is 3.26. The summed E-state index contributed by atoms with van der Waals surface area (Å²) < 4.78 is 31.5. The number of carbonyl (C=O) groups is 1. The fourth-order valence-electron chi connectivity index (χ4n) is 1.91. The molecule has 0 fully saturated rings. The number of hydrogen-bond acceptors (Lipinski definition) is 8. The lowest BCUT2D eigenvalue weighted by Gasteiger charge is -2.07. The van der Waals surface area contributed by atoms with Gasteiger partial charge in [0.25, 0.3) is 15.9 Å². The molecule has 0 radical (unpaired) electrons. The van der Waals surface area contributed by atoms with E-state index in [-0.39, 0.29) is 15.8 Å². The van der Waals surface area contributed by atoms with Crippen LogP contribution >= 0.6 is 11.3 Å². The van der Waals surface area contributed by atoms with E-state index in [0.717, 1.165) is 17.4 Å². The molecule has 0 unspecified atom stereocenters. The number of nitro groups is 1. The number of furan rings is 1. The maximum Gasteiger partial charge on any atom is 0.433 e. The van der Waals surface area contributed by atoms with Gasteiger partial charge in [-0.15, -0.1) is 11.3 Å². The fourth-order valence-corrected chi connectivity index (χ4v) is 3.69. The van der Waals surface area contributed by atoms with Gasteiger partial charge < -0.3 is 9.73 Å². The first-order chi connectivity index (χ1) is 12.3. The van der Waals surface area contributed by atoms with Crippen molar-refractivity contribution in [2.75, 3.05) is 10.0 Å². The molecule has 1 amide bonds. The summed E-state index contributed by atoms with van der Waals surface area (Å²) in [6, 6.07) is 7.60. The molecule has 3 rings (SSSR count). The van der Waals surface area contributed by atoms with Gasteiger partial charge in [-0.3, -0.25) is 19.6 Å². The van der Waals surface area contributed by atoms with E-state index in [1.54, 1.807) is 5.38 Å². The molecular weight excluding hydrogens is 384 g/mol. The quantitative estimate of drug-likeness (QED) is 0.483. The summed E-state index contributed by atoms with van der Waals surface area (Å²) >= 11 is 1.14. The molecule has 0 aliphatic rings. The zero-order valence-electron chi connectivity index (χ0n) is 12.8. The lowest BCUT2D eigenvalue weighted by atomic mass is 10.3. The summed E-state index contributed by atoms with van der Waals surface area (Å²) in [5, 5.41) is 14.9. The molecule has 0 saturated carbocycles. The lowest BCUT2D eigenvalue weighted by molar-refractivity contribution is -0.402. The fraction of sp³-hybridized carbons (Fsp3) is 0. The van der Waals surface area contributed by atoms with Crippen LogP contribution in [0.1, 0.15) is 10.6 Å². The number of nitrogens with one attached hydrogen (secondary N) is 2. The van der Waals surface area contributed by atoms with E-state index < -0.39 is 26.7 Å². The maximum absolute atomic E-state index is 12.2. The summed E-state index contributed by atoms with van der Waals surface area (Å²) in [5.74, 6) is -1.49. The molecule has 0 saturated heterocycles. The zero-order chi connectivity index (χ0) is 18.7. The first kappa shape index (κ1) is 17.6. The van der Waals surface area contributed by atoms with Crippen LogP contribution in [-0.2, 0) is 10.0 Å². The number of carbonyl (C=O) groups excluding carboxylic acids is 1. The Balaban J connectivity index is 1.71. The van der Waals surface area contributed by atoms with Gasteiger partial charge in [-0.2, -0.15) is 0 Å². The highest BCUT2D eigenvalue weighted by Gasteiger charge is 2.18. The molecular formula is C14H10N4O6S2. The lowest BCUT2D eigenvalue weighted by Crippen LogP contribution is -2.13. The summed E-state index contributed by atoms with van der Waals surface area (Å²) in [5.41, 5.74) is 0.294. The van der Waals surface area contributed by atoms with Crippen LogP contribution in [-0.4, -0.2) is 24.2 Å². The van der Waals surface area contributed by atoms with Crippen molar-refractivity contribution in [3.63, 3.8) is 0 Å². The zero-order valence-corrected chi connectivity index (χ0v) is 14.4. The number of hydrogen-bond donors (Lipinski definition) is 2. The molecule has 2 aromatic heterocycles. The van der Waals surface area contributed by atoms with Crippen LogP contribution in [0.15, 0.2) is 57.3 Å². The number of benzene rings is 1. The van der Waals surface area contributed by atoms with Gasteiger partial charge in [0.15, 0.2) is 10.9 Å². The van der Waals surface area contributed by atoms with Crippen molar-refractivity contribution in [2.24, 2.45) is 0 Å². The molecule has 26 heavy (non-hydrogen) atoms. The molecule has 0 atom stereocenters. The van der Waals surface area contributed by atoms with Gasteiger partial charge in [0.05, 0.1) is 11.0 Å². The largest absolute Gasteiger partial charge is 0.433 e. The van der Waals surface area contributed by atoms with Crippen LogP contribution in [0.4, 0.5) is 16.7 Å². The summed E-state index contributed by atoms with van der Waals surface area (Å²) in [7, 11) is -3.80. The van der Waals surface area contributed by atoms with Crippen LogP contribution < -0.4 is 10.0 Å². The van der Waals surface area contributed by atoms with Crippen molar-refractivity contribution in [3.8, 4) is 0 Å². The molecule has 2 N–H and O–H groups in total. The second-order valence-electron chi connectivity index (χ2n) is 4.82. The van der Waals surface area contributed by atoms with Crippen molar-refractivity contribution in [2.45, 2.75) is 4.90 Å². The molecule has 0 bridgehead atoms. The van der Waals surface area contributed by atoms with Gasteiger partial charge in [-0.1, -0.05) is 0 Å². The first-order valence-corrected chi connectivity index (χ1v) is 9.29. The van der Waals surface area contributed by atoms with E-state index in [9.17, 15) is 23.3 Å². The minimum absolute atomic E-state index is 0.0145. The Bertz CT molecular complexity index is 1040. The van der Waals surface area contributed by atoms with Crippen molar-refractivity contribution in [3.05, 3.63) is 63.8 Å². The Labute approximate surface area is 150 Å². The van der Waals surface area contributed by atoms with Crippen LogP contribution in [0, 0.1) is 10.1 Å². The minimum Gasteiger partial charge on any atom is -0.395 e. The van der Waals surface area contributed by atoms with E-state index in [1.807, 2.05) is 0 Å². The van der Waals surface area contributed by atoms with Gasteiger partial charge >= 0.3 is 5.88 Å². The van der Waals surface area contributed by atoms with Gasteiger partial charge in [0, 0.05) is 17.3 Å². The summed E-state index contributed by atoms with van der Waals surface area (Å²) in [6.07, 6.45) is 1.47. The Kier molecular flexibility index (Phi) is 4.69. The summed E-state index contributed by atoms with van der Waals surface area (Å²) in [6.45, 7) is 0. The number of anilines is 2. The standard InChI is InChI=1S/C14H10N4O6S2/c19-13(11-5-6-12(24-11)18(20)21)16-9-1-3-10(4-2-9)26(22,23)17-14-15-7-8-25-14/h1-8H,(H,15,17)(H,16,19). The Morgan fingerprint density at radius 3 is 2.50 bits per heavy atom. The smallest absolute Gasteiger partial charge is 0.395 e. The Morgan fingerprint density at radius 1 is 1.19 bits per heavy atom. The molecule has 2 heterocycles. The third-order valence-electron chi connectivity index (χ3n) is 3.07. The number of nitrogens with zero attached hydrogens (tertiary/aromatic N) is 2. The number of sulfonamides is 1. The Morgan fingerprint density at radius 2 is 1.92 bits per heavy atom. The van der Waals surface area contributed by atoms with Gasteiger partial charge in [0.1, 0.15) is 4.92 Å². The van der Waals surface area contributed by atoms with Crippen LogP contribution in [0.25, 0.3) is 0 Å². The summed E-state index contributed by atoms with van der Waals surface area (Å²) in [4.78, 5) is 25.6. The van der Waals surface area contributed by atoms with Crippen molar-refractivity contribution in [1.29, 1.82) is 0 Å². The average molecular weight is 394 g/mol. The van der Waals surface area contributed by atoms with Gasteiger partial charge in [-0.25, -0.2) is 13.4 Å². The highest BCUT2D eigenvalue weighted by Crippen LogP contribution is 2.21. The first-order valence-electron chi connectivity index (χ1n) is 6.93. The maximum atomic E-state index is 12.2. The monoisotopic (exact) mass is 394 g/mol. The normalized spacial score (nSPS) is 11.1. The van der Waals surface area contributed by atoms with E-state index >= 15 is 0 Å². The van der Waals surface area contributed by atoms with Gasteiger partial charge in [0.2, 0.25) is 0 Å². The minimum atomic E-state index is -3.80. The molecule has 10 nitrogen and oxygen atoms in total. The van der Waals surface area contributed by atoms with Crippen LogP contribution in [0.5, 0.6) is 0 Å². The molecule has 0 spiro atoms. The number of rotatable bonds is 6. The third-order valence-corrected chi connectivity index (χ3v) is 5.24. The number of amides is 1. The van der Waals surface area contributed by atoms with Crippen LogP contribution in [0.2, 0.25) is 0 Å². The number of aromatic nitrogens is 1. The van der Waals surface area contributed by atoms with Gasteiger partial charge in [-0.05, 0) is 30.3 Å². The van der Waals surface area contributed by atoms with E-state index in [0.29, 0.717) is 5.69 Å².